The molecule has 0 unspecified atom stereocenters. The second kappa shape index (κ2) is 9.49. The van der Waals surface area contributed by atoms with Crippen LogP contribution in [-0.4, -0.2) is 24.4 Å². The molecular weight excluding hydrogens is 375 g/mol. The largest absolute Gasteiger partial charge is 0.451 e. The van der Waals surface area contributed by atoms with Crippen molar-refractivity contribution in [3.63, 3.8) is 0 Å². The van der Waals surface area contributed by atoms with E-state index in [2.05, 4.69) is 10.6 Å². The highest BCUT2D eigenvalue weighted by Gasteiger charge is 2.15. The fraction of sp³-hybridized carbons (Fsp3) is 0.105. The maximum atomic E-state index is 13.0. The van der Waals surface area contributed by atoms with E-state index in [1.54, 1.807) is 30.3 Å². The van der Waals surface area contributed by atoms with E-state index in [-0.39, 0.29) is 16.4 Å². The lowest BCUT2D eigenvalue weighted by molar-refractivity contribution is -0.144. The van der Waals surface area contributed by atoms with Gasteiger partial charge >= 0.3 is 5.97 Å². The standard InChI is InChI=1S/C19H16ClFN2O4/c1-12(24)22-17(9-13-5-3-2-4-6-13)19(26)27-11-18(25)23-16-8-7-14(21)10-15(16)20/h2-10H,11H2,1H3,(H,22,24)(H,23,25)/b17-9-. The molecule has 8 heteroatoms. The average molecular weight is 391 g/mol. The summed E-state index contributed by atoms with van der Waals surface area (Å²) in [4.78, 5) is 35.4. The number of anilines is 1. The monoisotopic (exact) mass is 390 g/mol. The van der Waals surface area contributed by atoms with Crippen molar-refractivity contribution in [2.45, 2.75) is 6.92 Å². The first-order valence-corrected chi connectivity index (χ1v) is 8.19. The molecule has 2 aromatic rings. The van der Waals surface area contributed by atoms with Gasteiger partial charge < -0.3 is 15.4 Å². The number of hydrogen-bond donors (Lipinski definition) is 2. The predicted octanol–water partition coefficient (Wildman–Crippen LogP) is 3.14. The van der Waals surface area contributed by atoms with Crippen LogP contribution in [0.5, 0.6) is 0 Å². The molecule has 0 aliphatic rings. The van der Waals surface area contributed by atoms with Gasteiger partial charge in [-0.2, -0.15) is 0 Å². The van der Waals surface area contributed by atoms with E-state index in [4.69, 9.17) is 16.3 Å². The van der Waals surface area contributed by atoms with Crippen LogP contribution in [0.1, 0.15) is 12.5 Å². The molecule has 0 saturated heterocycles. The zero-order valence-electron chi connectivity index (χ0n) is 14.3. The number of ether oxygens (including phenoxy) is 1. The van der Waals surface area contributed by atoms with Crippen LogP contribution >= 0.6 is 11.6 Å². The smallest absolute Gasteiger partial charge is 0.355 e. The van der Waals surface area contributed by atoms with Crippen molar-refractivity contribution in [2.24, 2.45) is 0 Å². The molecule has 0 spiro atoms. The Kier molecular flexibility index (Phi) is 7.08. The Morgan fingerprint density at radius 3 is 2.48 bits per heavy atom. The summed E-state index contributed by atoms with van der Waals surface area (Å²) < 4.78 is 17.9. The van der Waals surface area contributed by atoms with E-state index >= 15 is 0 Å². The van der Waals surface area contributed by atoms with Crippen molar-refractivity contribution in [1.29, 1.82) is 0 Å². The van der Waals surface area contributed by atoms with Gasteiger partial charge in [0.2, 0.25) is 5.91 Å². The van der Waals surface area contributed by atoms with Gasteiger partial charge in [-0.15, -0.1) is 0 Å². The van der Waals surface area contributed by atoms with Gasteiger partial charge in [0.15, 0.2) is 6.61 Å². The maximum absolute atomic E-state index is 13.0. The Labute approximate surface area is 160 Å². The van der Waals surface area contributed by atoms with Gasteiger partial charge in [-0.25, -0.2) is 9.18 Å². The Morgan fingerprint density at radius 1 is 1.15 bits per heavy atom. The third-order valence-corrected chi connectivity index (χ3v) is 3.49. The van der Waals surface area contributed by atoms with Crippen LogP contribution < -0.4 is 10.6 Å². The second-order valence-electron chi connectivity index (χ2n) is 5.40. The molecule has 27 heavy (non-hydrogen) atoms. The number of nitrogens with one attached hydrogen (secondary N) is 2. The second-order valence-corrected chi connectivity index (χ2v) is 5.81. The minimum Gasteiger partial charge on any atom is -0.451 e. The van der Waals surface area contributed by atoms with Gasteiger partial charge in [-0.3, -0.25) is 9.59 Å². The molecule has 2 rings (SSSR count). The van der Waals surface area contributed by atoms with Gasteiger partial charge in [-0.05, 0) is 29.8 Å². The van der Waals surface area contributed by atoms with Crippen LogP contribution in [0.3, 0.4) is 0 Å². The minimum atomic E-state index is -0.880. The van der Waals surface area contributed by atoms with Gasteiger partial charge in [0.1, 0.15) is 11.5 Å². The van der Waals surface area contributed by atoms with Gasteiger partial charge in [-0.1, -0.05) is 41.9 Å². The Hall–Kier alpha value is -3.19. The molecule has 0 radical (unpaired) electrons. The summed E-state index contributed by atoms with van der Waals surface area (Å²) in [7, 11) is 0. The number of carbonyl (C=O) groups excluding carboxylic acids is 3. The number of hydrogen-bond acceptors (Lipinski definition) is 4. The third-order valence-electron chi connectivity index (χ3n) is 3.18. The summed E-state index contributed by atoms with van der Waals surface area (Å²) >= 11 is 5.82. The van der Waals surface area contributed by atoms with Crippen LogP contribution in [0, 0.1) is 5.82 Å². The molecule has 6 nitrogen and oxygen atoms in total. The SMILES string of the molecule is CC(=O)N/C(=C\c1ccccc1)C(=O)OCC(=O)Nc1ccc(F)cc1Cl. The lowest BCUT2D eigenvalue weighted by Gasteiger charge is -2.10. The summed E-state index contributed by atoms with van der Waals surface area (Å²) in [5, 5.41) is 4.78. The first-order chi connectivity index (χ1) is 12.8. The minimum absolute atomic E-state index is 0.0117. The fourth-order valence-electron chi connectivity index (χ4n) is 2.04. The Balaban J connectivity index is 2.01. The Morgan fingerprint density at radius 2 is 1.85 bits per heavy atom. The normalized spacial score (nSPS) is 10.9. The van der Waals surface area contributed by atoms with Crippen LogP contribution in [-0.2, 0) is 19.1 Å². The van der Waals surface area contributed by atoms with E-state index in [1.165, 1.54) is 19.1 Å². The van der Waals surface area contributed by atoms with Crippen molar-refractivity contribution >= 4 is 41.1 Å². The first kappa shape index (κ1) is 20.1. The number of esters is 1. The molecule has 2 N–H and O–H groups in total. The average Bonchev–Trinajstić information content (AvgIpc) is 2.62. The van der Waals surface area contributed by atoms with Gasteiger partial charge in [0.25, 0.3) is 5.91 Å². The zero-order chi connectivity index (χ0) is 19.8. The van der Waals surface area contributed by atoms with Gasteiger partial charge in [0.05, 0.1) is 10.7 Å². The number of carbonyl (C=O) groups is 3. The molecule has 0 bridgehead atoms. The highest BCUT2D eigenvalue weighted by Crippen LogP contribution is 2.22. The third kappa shape index (κ3) is 6.56. The van der Waals surface area contributed by atoms with E-state index in [1.807, 2.05) is 0 Å². The summed E-state index contributed by atoms with van der Waals surface area (Å²) in [6.45, 7) is 0.633. The number of rotatable bonds is 6. The molecular formula is C19H16ClFN2O4. The molecule has 2 amide bonds. The van der Waals surface area contributed by atoms with Crippen molar-refractivity contribution in [1.82, 2.24) is 5.32 Å². The quantitative estimate of drug-likeness (QED) is 0.586. The van der Waals surface area contributed by atoms with E-state index in [0.717, 1.165) is 12.1 Å². The van der Waals surface area contributed by atoms with Crippen LogP contribution in [0.15, 0.2) is 54.2 Å². The molecule has 0 aliphatic heterocycles. The number of halogens is 2. The molecule has 0 aromatic heterocycles. The van der Waals surface area contributed by atoms with Crippen LogP contribution in [0.2, 0.25) is 5.02 Å². The van der Waals surface area contributed by atoms with Crippen molar-refractivity contribution < 1.29 is 23.5 Å². The summed E-state index contributed by atoms with van der Waals surface area (Å²) in [6.07, 6.45) is 1.43. The van der Waals surface area contributed by atoms with E-state index < -0.39 is 30.2 Å². The molecule has 0 fully saturated rings. The molecule has 0 atom stereocenters. The highest BCUT2D eigenvalue weighted by molar-refractivity contribution is 6.33. The molecule has 0 aliphatic carbocycles. The number of amides is 2. The van der Waals surface area contributed by atoms with E-state index in [0.29, 0.717) is 5.56 Å². The molecule has 0 saturated carbocycles. The van der Waals surface area contributed by atoms with Gasteiger partial charge in [0, 0.05) is 6.92 Å². The molecule has 140 valence electrons. The molecule has 2 aromatic carbocycles. The maximum Gasteiger partial charge on any atom is 0.355 e. The summed E-state index contributed by atoms with van der Waals surface area (Å²) in [6, 6.07) is 12.3. The predicted molar refractivity (Wildman–Crippen MR) is 99.2 cm³/mol. The fourth-order valence-corrected chi connectivity index (χ4v) is 2.25. The Bertz CT molecular complexity index is 885. The number of benzene rings is 2. The topological polar surface area (TPSA) is 84.5 Å². The van der Waals surface area contributed by atoms with Crippen LogP contribution in [0.4, 0.5) is 10.1 Å². The van der Waals surface area contributed by atoms with E-state index in [9.17, 15) is 18.8 Å². The first-order valence-electron chi connectivity index (χ1n) is 7.81. The van der Waals surface area contributed by atoms with Crippen molar-refractivity contribution in [2.75, 3.05) is 11.9 Å². The molecule has 0 heterocycles. The highest BCUT2D eigenvalue weighted by atomic mass is 35.5. The van der Waals surface area contributed by atoms with Crippen LogP contribution in [0.25, 0.3) is 6.08 Å². The summed E-state index contributed by atoms with van der Waals surface area (Å²) in [5.41, 5.74) is 0.739. The lowest BCUT2D eigenvalue weighted by Crippen LogP contribution is -2.28. The van der Waals surface area contributed by atoms with Crippen molar-refractivity contribution in [3.8, 4) is 0 Å². The zero-order valence-corrected chi connectivity index (χ0v) is 15.0. The summed E-state index contributed by atoms with van der Waals surface area (Å²) in [5.74, 6) is -2.56. The van der Waals surface area contributed by atoms with Crippen molar-refractivity contribution in [3.05, 3.63) is 70.6 Å². The lowest BCUT2D eigenvalue weighted by atomic mass is 10.2.